The average Bonchev–Trinajstić information content (AvgIpc) is 2.18. The van der Waals surface area contributed by atoms with Crippen LogP contribution in [0.4, 0.5) is 0 Å². The van der Waals surface area contributed by atoms with Crippen LogP contribution in [0.15, 0.2) is 11.6 Å². The number of allylic oxidation sites excluding steroid dienone is 1. The highest BCUT2D eigenvalue weighted by Crippen LogP contribution is 2.00. The van der Waals surface area contributed by atoms with Gasteiger partial charge in [-0.2, -0.15) is 0 Å². The van der Waals surface area contributed by atoms with E-state index in [1.165, 1.54) is 5.57 Å². The lowest BCUT2D eigenvalue weighted by Gasteiger charge is -2.22. The maximum absolute atomic E-state index is 11.4. The number of ether oxygens (including phenoxy) is 1. The third-order valence-electron chi connectivity index (χ3n) is 2.23. The van der Waals surface area contributed by atoms with Crippen molar-refractivity contribution in [3.8, 4) is 0 Å². The molecule has 0 aromatic carbocycles. The van der Waals surface area contributed by atoms with Gasteiger partial charge in [-0.3, -0.25) is 4.79 Å². The van der Waals surface area contributed by atoms with Gasteiger partial charge in [-0.1, -0.05) is 11.6 Å². The van der Waals surface area contributed by atoms with Crippen molar-refractivity contribution in [2.45, 2.75) is 26.4 Å². The molecule has 0 spiro atoms. The molecule has 1 atom stereocenters. The minimum absolute atomic E-state index is 0.0328. The molecule has 4 heteroatoms. The first-order chi connectivity index (χ1) is 7.18. The Balaban J connectivity index is 2.14. The number of carbonyl (C=O) groups excluding carboxylic acids is 1. The Morgan fingerprint density at radius 3 is 3.00 bits per heavy atom. The number of amides is 1. The number of hydrogen-bond acceptors (Lipinski definition) is 3. The Morgan fingerprint density at radius 1 is 1.60 bits per heavy atom. The van der Waals surface area contributed by atoms with Crippen LogP contribution in [0.2, 0.25) is 0 Å². The van der Waals surface area contributed by atoms with Crippen molar-refractivity contribution < 1.29 is 9.53 Å². The highest BCUT2D eigenvalue weighted by molar-refractivity contribution is 5.76. The molecule has 15 heavy (non-hydrogen) atoms. The second-order valence-electron chi connectivity index (χ2n) is 3.99. The van der Waals surface area contributed by atoms with E-state index in [0.717, 1.165) is 13.1 Å². The Kier molecular flexibility index (Phi) is 5.36. The molecule has 1 rings (SSSR count). The summed E-state index contributed by atoms with van der Waals surface area (Å²) in [5, 5.41) is 6.04. The molecule has 1 fully saturated rings. The van der Waals surface area contributed by atoms with Crippen LogP contribution < -0.4 is 10.6 Å². The molecule has 0 bridgehead atoms. The smallest absolute Gasteiger partial charge is 0.222 e. The first kappa shape index (κ1) is 12.2. The van der Waals surface area contributed by atoms with Gasteiger partial charge in [0, 0.05) is 19.6 Å². The fraction of sp³-hybridized carbons (Fsp3) is 0.727. The normalized spacial score (nSPS) is 20.8. The summed E-state index contributed by atoms with van der Waals surface area (Å²) < 4.78 is 5.44. The third-order valence-corrected chi connectivity index (χ3v) is 2.23. The zero-order chi connectivity index (χ0) is 11.1. The summed E-state index contributed by atoms with van der Waals surface area (Å²) in [7, 11) is 0. The van der Waals surface area contributed by atoms with E-state index in [1.54, 1.807) is 0 Å². The lowest BCUT2D eigenvalue weighted by molar-refractivity contribution is -0.124. The topological polar surface area (TPSA) is 50.4 Å². The van der Waals surface area contributed by atoms with Gasteiger partial charge < -0.3 is 15.4 Å². The number of nitrogens with one attached hydrogen (secondary N) is 2. The quantitative estimate of drug-likeness (QED) is 0.665. The lowest BCUT2D eigenvalue weighted by atomic mass is 10.2. The van der Waals surface area contributed by atoms with Gasteiger partial charge >= 0.3 is 0 Å². The zero-order valence-corrected chi connectivity index (χ0v) is 9.51. The molecule has 86 valence electrons. The van der Waals surface area contributed by atoms with Crippen LogP contribution in [0.1, 0.15) is 20.3 Å². The molecule has 1 unspecified atom stereocenters. The average molecular weight is 212 g/mol. The van der Waals surface area contributed by atoms with Crippen LogP contribution >= 0.6 is 0 Å². The number of hydrogen-bond donors (Lipinski definition) is 2. The molecule has 1 saturated heterocycles. The van der Waals surface area contributed by atoms with E-state index in [4.69, 9.17) is 4.74 Å². The first-order valence-electron chi connectivity index (χ1n) is 5.41. The Hall–Kier alpha value is -0.870. The molecule has 0 aliphatic carbocycles. The molecule has 0 radical (unpaired) electrons. The Bertz CT molecular complexity index is 229. The summed E-state index contributed by atoms with van der Waals surface area (Å²) in [5.74, 6) is 0.0567. The van der Waals surface area contributed by atoms with Crippen molar-refractivity contribution in [2.75, 3.05) is 26.2 Å². The minimum atomic E-state index is 0.0328. The maximum Gasteiger partial charge on any atom is 0.222 e. The number of rotatable bonds is 4. The molecule has 1 heterocycles. The van der Waals surface area contributed by atoms with E-state index in [0.29, 0.717) is 19.6 Å². The van der Waals surface area contributed by atoms with Gasteiger partial charge in [0.15, 0.2) is 0 Å². The van der Waals surface area contributed by atoms with Gasteiger partial charge in [-0.15, -0.1) is 0 Å². The fourth-order valence-corrected chi connectivity index (χ4v) is 1.40. The second kappa shape index (κ2) is 6.58. The zero-order valence-electron chi connectivity index (χ0n) is 9.51. The van der Waals surface area contributed by atoms with Crippen LogP contribution in [-0.2, 0) is 9.53 Å². The minimum Gasteiger partial charge on any atom is -0.375 e. The highest BCUT2D eigenvalue weighted by atomic mass is 16.5. The Labute approximate surface area is 91.1 Å². The van der Waals surface area contributed by atoms with Crippen molar-refractivity contribution in [1.29, 1.82) is 0 Å². The van der Waals surface area contributed by atoms with Crippen LogP contribution in [0, 0.1) is 0 Å². The molecule has 0 aromatic rings. The van der Waals surface area contributed by atoms with E-state index < -0.39 is 0 Å². The number of carbonyl (C=O) groups is 1. The molecule has 0 saturated carbocycles. The molecular weight excluding hydrogens is 192 g/mol. The highest BCUT2D eigenvalue weighted by Gasteiger charge is 2.16. The summed E-state index contributed by atoms with van der Waals surface area (Å²) in [6.45, 7) is 7.00. The first-order valence-corrected chi connectivity index (χ1v) is 5.41. The maximum atomic E-state index is 11.4. The molecule has 1 aliphatic heterocycles. The standard InChI is InChI=1S/C11H20N2O2/c1-9(2)3-4-13-11(14)7-10-8-12-5-6-15-10/h3,10,12H,4-8H2,1-2H3,(H,13,14). The SMILES string of the molecule is CC(C)=CCNC(=O)CC1CNCCO1. The molecule has 1 amide bonds. The van der Waals surface area contributed by atoms with Crippen LogP contribution in [0.5, 0.6) is 0 Å². The van der Waals surface area contributed by atoms with Gasteiger partial charge in [0.2, 0.25) is 5.91 Å². The lowest BCUT2D eigenvalue weighted by Crippen LogP contribution is -2.41. The summed E-state index contributed by atoms with van der Waals surface area (Å²) in [4.78, 5) is 11.4. The van der Waals surface area contributed by atoms with Crippen LogP contribution in [-0.4, -0.2) is 38.3 Å². The van der Waals surface area contributed by atoms with E-state index in [1.807, 2.05) is 19.9 Å². The summed E-state index contributed by atoms with van der Waals surface area (Å²) in [6, 6.07) is 0. The van der Waals surface area contributed by atoms with Gasteiger partial charge in [0.05, 0.1) is 19.1 Å². The predicted octanol–water partition coefficient (Wildman–Crippen LogP) is 0.447. The van der Waals surface area contributed by atoms with Crippen molar-refractivity contribution in [1.82, 2.24) is 10.6 Å². The molecule has 4 nitrogen and oxygen atoms in total. The van der Waals surface area contributed by atoms with Crippen molar-refractivity contribution in [3.63, 3.8) is 0 Å². The second-order valence-corrected chi connectivity index (χ2v) is 3.99. The summed E-state index contributed by atoms with van der Waals surface area (Å²) >= 11 is 0. The third kappa shape index (κ3) is 5.54. The van der Waals surface area contributed by atoms with Crippen LogP contribution in [0.25, 0.3) is 0 Å². The molecule has 0 aromatic heterocycles. The van der Waals surface area contributed by atoms with Crippen molar-refractivity contribution in [3.05, 3.63) is 11.6 Å². The summed E-state index contributed by atoms with van der Waals surface area (Å²) in [5.41, 5.74) is 1.21. The van der Waals surface area contributed by atoms with E-state index in [2.05, 4.69) is 10.6 Å². The molecule has 1 aliphatic rings. The molecule has 2 N–H and O–H groups in total. The fourth-order valence-electron chi connectivity index (χ4n) is 1.40. The van der Waals surface area contributed by atoms with E-state index in [9.17, 15) is 4.79 Å². The van der Waals surface area contributed by atoms with Crippen molar-refractivity contribution >= 4 is 5.91 Å². The molecular formula is C11H20N2O2. The Morgan fingerprint density at radius 2 is 2.40 bits per heavy atom. The summed E-state index contributed by atoms with van der Waals surface area (Å²) in [6.07, 6.45) is 2.48. The van der Waals surface area contributed by atoms with Gasteiger partial charge in [-0.05, 0) is 13.8 Å². The predicted molar refractivity (Wildman–Crippen MR) is 59.7 cm³/mol. The van der Waals surface area contributed by atoms with Gasteiger partial charge in [0.1, 0.15) is 0 Å². The van der Waals surface area contributed by atoms with E-state index >= 15 is 0 Å². The van der Waals surface area contributed by atoms with Crippen LogP contribution in [0.3, 0.4) is 0 Å². The monoisotopic (exact) mass is 212 g/mol. The van der Waals surface area contributed by atoms with E-state index in [-0.39, 0.29) is 12.0 Å². The largest absolute Gasteiger partial charge is 0.375 e. The van der Waals surface area contributed by atoms with Crippen molar-refractivity contribution in [2.24, 2.45) is 0 Å². The van der Waals surface area contributed by atoms with Gasteiger partial charge in [0.25, 0.3) is 0 Å². The van der Waals surface area contributed by atoms with Gasteiger partial charge in [-0.25, -0.2) is 0 Å². The number of morpholine rings is 1.